The summed E-state index contributed by atoms with van der Waals surface area (Å²) in [5.41, 5.74) is 0. The Labute approximate surface area is 109 Å². The molecule has 6 heteroatoms. The molecule has 0 atom stereocenters. The Morgan fingerprint density at radius 3 is 2.33 bits per heavy atom. The topological polar surface area (TPSA) is 43.4 Å². The van der Waals surface area contributed by atoms with Crippen LogP contribution in [0.4, 0.5) is 4.39 Å². The molecule has 0 spiro atoms. The monoisotopic (exact) mass is 286 g/mol. The van der Waals surface area contributed by atoms with E-state index in [2.05, 4.69) is 0 Å². The van der Waals surface area contributed by atoms with Gasteiger partial charge in [-0.1, -0.05) is 29.8 Å². The average molecular weight is 287 g/mol. The average Bonchev–Trinajstić information content (AvgIpc) is 2.35. The molecule has 18 heavy (non-hydrogen) atoms. The Hall–Kier alpha value is -1.59. The van der Waals surface area contributed by atoms with Gasteiger partial charge in [0.2, 0.25) is 0 Å². The van der Waals surface area contributed by atoms with Crippen molar-refractivity contribution < 1.29 is 17.0 Å². The van der Waals surface area contributed by atoms with Gasteiger partial charge in [-0.15, -0.1) is 0 Å². The Bertz CT molecular complexity index is 656. The first-order chi connectivity index (χ1) is 8.49. The lowest BCUT2D eigenvalue weighted by Crippen LogP contribution is -2.09. The summed E-state index contributed by atoms with van der Waals surface area (Å²) < 4.78 is 41.4. The lowest BCUT2D eigenvalue weighted by Gasteiger charge is -2.07. The highest BCUT2D eigenvalue weighted by atomic mass is 35.5. The largest absolute Gasteiger partial charge is 0.379 e. The van der Waals surface area contributed by atoms with Crippen molar-refractivity contribution in [2.45, 2.75) is 4.90 Å². The molecule has 0 bridgehead atoms. The van der Waals surface area contributed by atoms with Crippen LogP contribution in [-0.4, -0.2) is 8.42 Å². The summed E-state index contributed by atoms with van der Waals surface area (Å²) in [6.45, 7) is 0. The Morgan fingerprint density at radius 1 is 1.06 bits per heavy atom. The summed E-state index contributed by atoms with van der Waals surface area (Å²) in [6.07, 6.45) is 0. The Balaban J connectivity index is 2.31. The highest BCUT2D eigenvalue weighted by molar-refractivity contribution is 7.87. The van der Waals surface area contributed by atoms with Crippen LogP contribution < -0.4 is 4.18 Å². The standard InChI is InChI=1S/C12H8ClFO3S/c13-11-8-9(6-7-12(11)14)17-18(15,16)10-4-2-1-3-5-10/h1-8H. The van der Waals surface area contributed by atoms with E-state index in [0.717, 1.165) is 12.1 Å². The SMILES string of the molecule is O=S(=O)(Oc1ccc(F)c(Cl)c1)c1ccccc1. The van der Waals surface area contributed by atoms with Crippen LogP contribution in [0.25, 0.3) is 0 Å². The highest BCUT2D eigenvalue weighted by Crippen LogP contribution is 2.24. The van der Waals surface area contributed by atoms with Crippen molar-refractivity contribution >= 4 is 21.7 Å². The minimum atomic E-state index is -3.92. The fraction of sp³-hybridized carbons (Fsp3) is 0. The zero-order chi connectivity index (χ0) is 13.2. The highest BCUT2D eigenvalue weighted by Gasteiger charge is 2.16. The molecule has 0 heterocycles. The van der Waals surface area contributed by atoms with E-state index < -0.39 is 15.9 Å². The molecule has 0 saturated carbocycles. The van der Waals surface area contributed by atoms with Gasteiger partial charge in [0.15, 0.2) is 0 Å². The van der Waals surface area contributed by atoms with Gasteiger partial charge in [-0.2, -0.15) is 8.42 Å². The first-order valence-corrected chi connectivity index (χ1v) is 6.72. The molecule has 94 valence electrons. The summed E-state index contributed by atoms with van der Waals surface area (Å²) in [5.74, 6) is -0.675. The number of rotatable bonds is 3. The van der Waals surface area contributed by atoms with Crippen LogP contribution in [0.1, 0.15) is 0 Å². The fourth-order valence-corrected chi connectivity index (χ4v) is 2.40. The third kappa shape index (κ3) is 2.80. The molecular weight excluding hydrogens is 279 g/mol. The van der Waals surface area contributed by atoms with Gasteiger partial charge in [-0.3, -0.25) is 0 Å². The van der Waals surface area contributed by atoms with Gasteiger partial charge in [-0.05, 0) is 24.3 Å². The fourth-order valence-electron chi connectivity index (χ4n) is 1.29. The predicted octanol–water partition coefficient (Wildman–Crippen LogP) is 3.25. The molecule has 2 rings (SSSR count). The molecule has 0 radical (unpaired) electrons. The molecule has 0 aromatic heterocycles. The predicted molar refractivity (Wildman–Crippen MR) is 65.7 cm³/mol. The van der Waals surface area contributed by atoms with Crippen LogP contribution >= 0.6 is 11.6 Å². The van der Waals surface area contributed by atoms with Gasteiger partial charge < -0.3 is 4.18 Å². The van der Waals surface area contributed by atoms with E-state index in [9.17, 15) is 12.8 Å². The van der Waals surface area contributed by atoms with E-state index in [0.29, 0.717) is 0 Å². The van der Waals surface area contributed by atoms with Crippen molar-refractivity contribution in [2.75, 3.05) is 0 Å². The smallest absolute Gasteiger partial charge is 0.339 e. The third-order valence-corrected chi connectivity index (χ3v) is 3.68. The third-order valence-electron chi connectivity index (χ3n) is 2.13. The van der Waals surface area contributed by atoms with Gasteiger partial charge >= 0.3 is 10.1 Å². The van der Waals surface area contributed by atoms with Crippen LogP contribution in [0.5, 0.6) is 5.75 Å². The summed E-state index contributed by atoms with van der Waals surface area (Å²) in [7, 11) is -3.92. The summed E-state index contributed by atoms with van der Waals surface area (Å²) >= 11 is 5.54. The summed E-state index contributed by atoms with van der Waals surface area (Å²) in [6, 6.07) is 11.0. The molecule has 0 aliphatic rings. The second-order valence-electron chi connectivity index (χ2n) is 3.43. The molecule has 0 unspecified atom stereocenters. The minimum absolute atomic E-state index is 0.0189. The lowest BCUT2D eigenvalue weighted by atomic mass is 10.3. The molecule has 0 aliphatic carbocycles. The summed E-state index contributed by atoms with van der Waals surface area (Å²) in [4.78, 5) is 0.0189. The van der Waals surface area contributed by atoms with Gasteiger partial charge in [0.25, 0.3) is 0 Å². The second-order valence-corrected chi connectivity index (χ2v) is 5.38. The minimum Gasteiger partial charge on any atom is -0.379 e. The van der Waals surface area contributed by atoms with Crippen molar-refractivity contribution in [3.05, 3.63) is 59.4 Å². The zero-order valence-corrected chi connectivity index (χ0v) is 10.6. The second kappa shape index (κ2) is 4.96. The summed E-state index contributed by atoms with van der Waals surface area (Å²) in [5, 5.41) is -0.198. The molecule has 0 N–H and O–H groups in total. The van der Waals surface area contributed by atoms with Gasteiger partial charge in [0.05, 0.1) is 5.02 Å². The number of halogens is 2. The maximum absolute atomic E-state index is 12.9. The maximum atomic E-state index is 12.9. The molecule has 0 amide bonds. The van der Waals surface area contributed by atoms with Crippen molar-refractivity contribution in [3.8, 4) is 5.75 Å². The van der Waals surface area contributed by atoms with Gasteiger partial charge in [-0.25, -0.2) is 4.39 Å². The number of hydrogen-bond donors (Lipinski definition) is 0. The van der Waals surface area contributed by atoms with E-state index in [-0.39, 0.29) is 15.7 Å². The molecule has 2 aromatic rings. The molecule has 0 fully saturated rings. The van der Waals surface area contributed by atoms with Crippen LogP contribution in [0, 0.1) is 5.82 Å². The van der Waals surface area contributed by atoms with Crippen molar-refractivity contribution in [1.82, 2.24) is 0 Å². The molecular formula is C12H8ClFO3S. The van der Waals surface area contributed by atoms with E-state index in [4.69, 9.17) is 15.8 Å². The first-order valence-electron chi connectivity index (χ1n) is 4.93. The lowest BCUT2D eigenvalue weighted by molar-refractivity contribution is 0.485. The number of hydrogen-bond acceptors (Lipinski definition) is 3. The molecule has 0 saturated heterocycles. The van der Waals surface area contributed by atoms with E-state index in [1.165, 1.54) is 18.2 Å². The van der Waals surface area contributed by atoms with Crippen LogP contribution in [0.3, 0.4) is 0 Å². The normalized spacial score (nSPS) is 11.2. The van der Waals surface area contributed by atoms with Crippen molar-refractivity contribution in [3.63, 3.8) is 0 Å². The van der Waals surface area contributed by atoms with E-state index >= 15 is 0 Å². The maximum Gasteiger partial charge on any atom is 0.339 e. The number of benzene rings is 2. The van der Waals surface area contributed by atoms with Crippen LogP contribution in [-0.2, 0) is 10.1 Å². The molecule has 0 aliphatic heterocycles. The van der Waals surface area contributed by atoms with E-state index in [1.807, 2.05) is 0 Å². The van der Waals surface area contributed by atoms with Gasteiger partial charge in [0.1, 0.15) is 16.5 Å². The first kappa shape index (κ1) is 12.9. The van der Waals surface area contributed by atoms with Gasteiger partial charge in [0, 0.05) is 6.07 Å². The van der Waals surface area contributed by atoms with Crippen LogP contribution in [0.2, 0.25) is 5.02 Å². The van der Waals surface area contributed by atoms with Crippen molar-refractivity contribution in [1.29, 1.82) is 0 Å². The quantitative estimate of drug-likeness (QED) is 0.814. The Kier molecular flexibility index (Phi) is 3.54. The zero-order valence-electron chi connectivity index (χ0n) is 9.01. The molecule has 3 nitrogen and oxygen atoms in total. The molecule has 2 aromatic carbocycles. The Morgan fingerprint density at radius 2 is 1.72 bits per heavy atom. The van der Waals surface area contributed by atoms with Crippen molar-refractivity contribution in [2.24, 2.45) is 0 Å². The van der Waals surface area contributed by atoms with E-state index in [1.54, 1.807) is 18.2 Å². The van der Waals surface area contributed by atoms with Crippen LogP contribution in [0.15, 0.2) is 53.4 Å².